The van der Waals surface area contributed by atoms with Crippen LogP contribution in [0.25, 0.3) is 0 Å². The molecule has 1 aromatic carbocycles. The van der Waals surface area contributed by atoms with Gasteiger partial charge in [-0.3, -0.25) is 4.79 Å². The van der Waals surface area contributed by atoms with Crippen LogP contribution in [0.4, 0.5) is 11.5 Å². The summed E-state index contributed by atoms with van der Waals surface area (Å²) in [6.07, 6.45) is 1.41. The Kier molecular flexibility index (Phi) is 3.27. The molecule has 0 aliphatic rings. The largest absolute Gasteiger partial charge is 0.381 e. The number of aromatic nitrogens is 3. The van der Waals surface area contributed by atoms with E-state index in [2.05, 4.69) is 15.5 Å². The number of para-hydroxylation sites is 1. The van der Waals surface area contributed by atoms with E-state index in [0.717, 1.165) is 16.8 Å². The zero-order valence-electron chi connectivity index (χ0n) is 10.3. The number of benzene rings is 1. The molecule has 1 heterocycles. The maximum Gasteiger partial charge on any atom is 0.247 e. The Morgan fingerprint density at radius 3 is 2.61 bits per heavy atom. The Morgan fingerprint density at radius 2 is 2.06 bits per heavy atom. The number of nitrogens with two attached hydrogens (primary N) is 1. The summed E-state index contributed by atoms with van der Waals surface area (Å²) in [6, 6.07) is 5.86. The molecule has 0 saturated carbocycles. The molecular weight excluding hydrogens is 230 g/mol. The standard InChI is InChI=1S/C12H15N5O/c1-8-4-3-5-9(2)12(8)15-11(18)7-17-14-6-10(13)16-17/h3-6H,7H2,1-2H3,(H2,13,16)(H,15,18). The van der Waals surface area contributed by atoms with Crippen LogP contribution >= 0.6 is 0 Å². The van der Waals surface area contributed by atoms with E-state index in [4.69, 9.17) is 5.73 Å². The van der Waals surface area contributed by atoms with Crippen LogP contribution in [-0.4, -0.2) is 20.9 Å². The predicted molar refractivity (Wildman–Crippen MR) is 69.0 cm³/mol. The topological polar surface area (TPSA) is 85.8 Å². The van der Waals surface area contributed by atoms with Crippen LogP contribution in [0, 0.1) is 13.8 Å². The lowest BCUT2D eigenvalue weighted by Gasteiger charge is -2.10. The molecule has 3 N–H and O–H groups in total. The van der Waals surface area contributed by atoms with Crippen LogP contribution in [0.3, 0.4) is 0 Å². The van der Waals surface area contributed by atoms with Crippen molar-refractivity contribution in [2.75, 3.05) is 11.1 Å². The highest BCUT2D eigenvalue weighted by molar-refractivity contribution is 5.92. The third kappa shape index (κ3) is 2.65. The highest BCUT2D eigenvalue weighted by Gasteiger charge is 2.09. The van der Waals surface area contributed by atoms with Crippen molar-refractivity contribution in [3.8, 4) is 0 Å². The van der Waals surface area contributed by atoms with Crippen molar-refractivity contribution < 1.29 is 4.79 Å². The second kappa shape index (κ2) is 4.87. The van der Waals surface area contributed by atoms with E-state index in [9.17, 15) is 4.79 Å². The number of carbonyl (C=O) groups is 1. The molecule has 2 rings (SSSR count). The van der Waals surface area contributed by atoms with Crippen LogP contribution in [0.5, 0.6) is 0 Å². The number of rotatable bonds is 3. The number of aryl methyl sites for hydroxylation is 2. The van der Waals surface area contributed by atoms with Crippen molar-refractivity contribution in [3.63, 3.8) is 0 Å². The highest BCUT2D eigenvalue weighted by atomic mass is 16.2. The van der Waals surface area contributed by atoms with Gasteiger partial charge in [-0.1, -0.05) is 18.2 Å². The van der Waals surface area contributed by atoms with Gasteiger partial charge in [-0.15, -0.1) is 5.10 Å². The van der Waals surface area contributed by atoms with E-state index in [-0.39, 0.29) is 12.5 Å². The number of anilines is 2. The Bertz CT molecular complexity index is 555. The van der Waals surface area contributed by atoms with Gasteiger partial charge < -0.3 is 11.1 Å². The maximum atomic E-state index is 11.8. The van der Waals surface area contributed by atoms with Crippen molar-refractivity contribution in [1.82, 2.24) is 15.0 Å². The first-order valence-electron chi connectivity index (χ1n) is 5.58. The number of amides is 1. The lowest BCUT2D eigenvalue weighted by atomic mass is 10.1. The van der Waals surface area contributed by atoms with Crippen molar-refractivity contribution in [3.05, 3.63) is 35.5 Å². The number of hydrogen-bond donors (Lipinski definition) is 2. The fourth-order valence-corrected chi connectivity index (χ4v) is 1.71. The monoisotopic (exact) mass is 245 g/mol. The SMILES string of the molecule is Cc1cccc(C)c1NC(=O)Cn1ncc(N)n1. The first-order valence-corrected chi connectivity index (χ1v) is 5.58. The van der Waals surface area contributed by atoms with Crippen LogP contribution in [0.2, 0.25) is 0 Å². The summed E-state index contributed by atoms with van der Waals surface area (Å²) in [5.41, 5.74) is 8.31. The summed E-state index contributed by atoms with van der Waals surface area (Å²) in [6.45, 7) is 3.95. The first-order chi connectivity index (χ1) is 8.56. The second-order valence-electron chi connectivity index (χ2n) is 4.11. The van der Waals surface area contributed by atoms with E-state index in [1.54, 1.807) is 0 Å². The molecule has 0 bridgehead atoms. The molecule has 94 valence electrons. The fourth-order valence-electron chi connectivity index (χ4n) is 1.71. The van der Waals surface area contributed by atoms with Gasteiger partial charge in [0.15, 0.2) is 5.82 Å². The van der Waals surface area contributed by atoms with Gasteiger partial charge in [0.1, 0.15) is 6.54 Å². The molecular formula is C12H15N5O. The number of hydrogen-bond acceptors (Lipinski definition) is 4. The fraction of sp³-hybridized carbons (Fsp3) is 0.250. The Balaban J connectivity index is 2.08. The van der Waals surface area contributed by atoms with Crippen molar-refractivity contribution in [2.45, 2.75) is 20.4 Å². The normalized spacial score (nSPS) is 10.3. The number of carbonyl (C=O) groups excluding carboxylic acids is 1. The van der Waals surface area contributed by atoms with Gasteiger partial charge in [-0.05, 0) is 25.0 Å². The maximum absolute atomic E-state index is 11.8. The van der Waals surface area contributed by atoms with Gasteiger partial charge in [-0.2, -0.15) is 9.90 Å². The van der Waals surface area contributed by atoms with Crippen molar-refractivity contribution in [1.29, 1.82) is 0 Å². The van der Waals surface area contributed by atoms with Gasteiger partial charge >= 0.3 is 0 Å². The summed E-state index contributed by atoms with van der Waals surface area (Å²) in [5.74, 6) is 0.123. The molecule has 18 heavy (non-hydrogen) atoms. The highest BCUT2D eigenvalue weighted by Crippen LogP contribution is 2.19. The van der Waals surface area contributed by atoms with Crippen LogP contribution in [0.1, 0.15) is 11.1 Å². The first kappa shape index (κ1) is 12.1. The summed E-state index contributed by atoms with van der Waals surface area (Å²) in [7, 11) is 0. The molecule has 2 aromatic rings. The summed E-state index contributed by atoms with van der Waals surface area (Å²) in [5, 5.41) is 10.6. The zero-order valence-corrected chi connectivity index (χ0v) is 10.3. The molecule has 0 unspecified atom stereocenters. The minimum Gasteiger partial charge on any atom is -0.381 e. The molecule has 6 heteroatoms. The van der Waals surface area contributed by atoms with Gasteiger partial charge in [0.25, 0.3) is 0 Å². The Hall–Kier alpha value is -2.37. The predicted octanol–water partition coefficient (Wildman–Crippen LogP) is 1.12. The minimum atomic E-state index is -0.178. The second-order valence-corrected chi connectivity index (χ2v) is 4.11. The van der Waals surface area contributed by atoms with Gasteiger partial charge in [0.05, 0.1) is 6.20 Å². The average Bonchev–Trinajstić information content (AvgIpc) is 2.69. The van der Waals surface area contributed by atoms with Crippen molar-refractivity contribution in [2.24, 2.45) is 0 Å². The van der Waals surface area contributed by atoms with E-state index in [1.165, 1.54) is 11.0 Å². The summed E-state index contributed by atoms with van der Waals surface area (Å²) >= 11 is 0. The quantitative estimate of drug-likeness (QED) is 0.848. The molecule has 0 aliphatic heterocycles. The molecule has 6 nitrogen and oxygen atoms in total. The summed E-state index contributed by atoms with van der Waals surface area (Å²) in [4.78, 5) is 13.1. The van der Waals surface area contributed by atoms with E-state index < -0.39 is 0 Å². The van der Waals surface area contributed by atoms with Crippen LogP contribution in [-0.2, 0) is 11.3 Å². The lowest BCUT2D eigenvalue weighted by molar-refractivity contribution is -0.117. The van der Waals surface area contributed by atoms with Crippen molar-refractivity contribution >= 4 is 17.4 Å². The summed E-state index contributed by atoms with van der Waals surface area (Å²) < 4.78 is 0. The van der Waals surface area contributed by atoms with Crippen LogP contribution in [0.15, 0.2) is 24.4 Å². The van der Waals surface area contributed by atoms with Gasteiger partial charge in [-0.25, -0.2) is 0 Å². The van der Waals surface area contributed by atoms with E-state index >= 15 is 0 Å². The van der Waals surface area contributed by atoms with E-state index in [1.807, 2.05) is 32.0 Å². The van der Waals surface area contributed by atoms with Crippen LogP contribution < -0.4 is 11.1 Å². The third-order valence-corrected chi connectivity index (χ3v) is 2.58. The molecule has 0 radical (unpaired) electrons. The number of nitrogen functional groups attached to an aromatic ring is 1. The molecule has 1 amide bonds. The smallest absolute Gasteiger partial charge is 0.247 e. The average molecular weight is 245 g/mol. The van der Waals surface area contributed by atoms with Gasteiger partial charge in [0.2, 0.25) is 5.91 Å². The Labute approximate surface area is 105 Å². The molecule has 1 aromatic heterocycles. The Morgan fingerprint density at radius 1 is 1.39 bits per heavy atom. The van der Waals surface area contributed by atoms with Gasteiger partial charge in [0, 0.05) is 5.69 Å². The lowest BCUT2D eigenvalue weighted by Crippen LogP contribution is -2.21. The minimum absolute atomic E-state index is 0.0466. The number of nitrogens with one attached hydrogen (secondary N) is 1. The van der Waals surface area contributed by atoms with E-state index in [0.29, 0.717) is 5.82 Å². The number of nitrogens with zero attached hydrogens (tertiary/aromatic N) is 3. The molecule has 0 spiro atoms. The molecule has 0 atom stereocenters. The zero-order chi connectivity index (χ0) is 13.1. The molecule has 0 fully saturated rings. The molecule has 0 saturated heterocycles. The third-order valence-electron chi connectivity index (χ3n) is 2.58. The molecule has 0 aliphatic carbocycles.